The van der Waals surface area contributed by atoms with Crippen molar-refractivity contribution >= 4 is 27.6 Å². The fourth-order valence-corrected chi connectivity index (χ4v) is 5.45. The third kappa shape index (κ3) is 5.11. The zero-order chi connectivity index (χ0) is 25.9. The normalized spacial score (nSPS) is 19.5. The van der Waals surface area contributed by atoms with Gasteiger partial charge in [-0.15, -0.1) is 0 Å². The summed E-state index contributed by atoms with van der Waals surface area (Å²) in [6, 6.07) is 15.2. The highest BCUT2D eigenvalue weighted by atomic mass is 32.2. The van der Waals surface area contributed by atoms with Crippen LogP contribution in [-0.2, 0) is 26.3 Å². The molecule has 4 rings (SSSR count). The van der Waals surface area contributed by atoms with E-state index in [1.165, 1.54) is 7.05 Å². The Bertz CT molecular complexity index is 1270. The van der Waals surface area contributed by atoms with Crippen LogP contribution in [0.25, 0.3) is 0 Å². The second kappa shape index (κ2) is 10.7. The molecule has 0 spiro atoms. The van der Waals surface area contributed by atoms with Crippen molar-refractivity contribution in [1.82, 2.24) is 15.6 Å². The number of amides is 2. The van der Waals surface area contributed by atoms with Crippen molar-refractivity contribution in [3.63, 3.8) is 0 Å². The lowest BCUT2D eigenvalue weighted by Crippen LogP contribution is -2.46. The molecule has 2 aromatic carbocycles. The third-order valence-electron chi connectivity index (χ3n) is 6.46. The van der Waals surface area contributed by atoms with Crippen LogP contribution in [0.3, 0.4) is 0 Å². The Morgan fingerprint density at radius 1 is 1.14 bits per heavy atom. The zero-order valence-corrected chi connectivity index (χ0v) is 21.0. The third-order valence-corrected chi connectivity index (χ3v) is 7.56. The topological polar surface area (TPSA) is 144 Å². The first-order valence-electron chi connectivity index (χ1n) is 11.8. The Morgan fingerprint density at radius 2 is 1.83 bits per heavy atom. The highest BCUT2D eigenvalue weighted by Gasteiger charge is 2.40. The number of nitrogens with one attached hydrogen (secondary N) is 2. The van der Waals surface area contributed by atoms with Crippen molar-refractivity contribution in [2.45, 2.75) is 37.2 Å². The molecule has 0 radical (unpaired) electrons. The van der Waals surface area contributed by atoms with Gasteiger partial charge < -0.3 is 15.5 Å². The number of para-hydroxylation sites is 1. The first-order chi connectivity index (χ1) is 17.3. The van der Waals surface area contributed by atoms with Crippen molar-refractivity contribution < 1.29 is 22.6 Å². The number of anilines is 1. The molecule has 3 atom stereocenters. The molecule has 36 heavy (non-hydrogen) atoms. The van der Waals surface area contributed by atoms with Crippen molar-refractivity contribution in [2.75, 3.05) is 31.6 Å². The Kier molecular flexibility index (Phi) is 7.67. The van der Waals surface area contributed by atoms with Crippen LogP contribution in [0.5, 0.6) is 0 Å². The van der Waals surface area contributed by atoms with Crippen LogP contribution in [0.4, 0.5) is 5.69 Å². The summed E-state index contributed by atoms with van der Waals surface area (Å²) in [4.78, 5) is 27.5. The van der Waals surface area contributed by atoms with Gasteiger partial charge in [-0.3, -0.25) is 19.2 Å². The molecule has 2 aliphatic heterocycles. The van der Waals surface area contributed by atoms with E-state index >= 15 is 0 Å². The van der Waals surface area contributed by atoms with Gasteiger partial charge in [0.05, 0.1) is 6.54 Å². The molecule has 2 aromatic rings. The van der Waals surface area contributed by atoms with Gasteiger partial charge in [0.2, 0.25) is 11.8 Å². The quantitative estimate of drug-likeness (QED) is 0.457. The maximum atomic E-state index is 13.5. The Morgan fingerprint density at radius 3 is 2.53 bits per heavy atom. The summed E-state index contributed by atoms with van der Waals surface area (Å²) in [5.74, 6) is -1.11. The largest absolute Gasteiger partial charge is 0.354 e. The Hall–Kier alpha value is -3.35. The number of hydrogen-bond acceptors (Lipinski definition) is 8. The molecule has 0 aromatic heterocycles. The molecule has 3 unspecified atom stereocenters. The molecule has 3 N–H and O–H groups in total. The lowest BCUT2D eigenvalue weighted by atomic mass is 9.87. The zero-order valence-electron chi connectivity index (χ0n) is 20.2. The second-order valence-electron chi connectivity index (χ2n) is 8.69. The lowest BCUT2D eigenvalue weighted by Gasteiger charge is -2.34. The van der Waals surface area contributed by atoms with Gasteiger partial charge in [0.25, 0.3) is 10.1 Å². The molecule has 0 aliphatic carbocycles. The summed E-state index contributed by atoms with van der Waals surface area (Å²) < 4.78 is 32.4. The number of nitrogens with zero attached hydrogens (tertiary/aromatic N) is 4. The molecule has 0 saturated heterocycles. The summed E-state index contributed by atoms with van der Waals surface area (Å²) in [5, 5.41) is 14.3. The number of hydrogen-bond donors (Lipinski definition) is 3. The number of carbonyl (C=O) groups is 2. The summed E-state index contributed by atoms with van der Waals surface area (Å²) in [6.45, 7) is 2.72. The average molecular weight is 515 g/mol. The molecule has 2 amide bonds. The predicted octanol–water partition coefficient (Wildman–Crippen LogP) is 2.00. The Labute approximate surface area is 210 Å². The average Bonchev–Trinajstić information content (AvgIpc) is 3.27. The maximum Gasteiger partial charge on any atom is 0.278 e. The van der Waals surface area contributed by atoms with Gasteiger partial charge in [0.1, 0.15) is 12.1 Å². The summed E-state index contributed by atoms with van der Waals surface area (Å²) >= 11 is 0. The maximum absolute atomic E-state index is 13.5. The van der Waals surface area contributed by atoms with Crippen LogP contribution in [0.1, 0.15) is 42.1 Å². The smallest absolute Gasteiger partial charge is 0.278 e. The SMILES string of the molecule is CCN1N=NC2c3ccccc3N(C(=O)CCNC(=O)C(CNC)S(=O)(=O)O)Cc3ccccc3C21. The summed E-state index contributed by atoms with van der Waals surface area (Å²) in [5.41, 5.74) is 3.64. The number of likely N-dealkylation sites (N-methyl/N-ethyl adjacent to an activating group) is 1. The van der Waals surface area contributed by atoms with E-state index in [-0.39, 0.29) is 37.5 Å². The molecular weight excluding hydrogens is 484 g/mol. The molecule has 0 fully saturated rings. The van der Waals surface area contributed by atoms with Crippen LogP contribution in [0.2, 0.25) is 0 Å². The van der Waals surface area contributed by atoms with E-state index in [9.17, 15) is 22.6 Å². The van der Waals surface area contributed by atoms with Crippen LogP contribution in [0, 0.1) is 0 Å². The molecule has 0 bridgehead atoms. The van der Waals surface area contributed by atoms with Gasteiger partial charge in [-0.05, 0) is 31.2 Å². The fraction of sp³-hybridized carbons (Fsp3) is 0.417. The van der Waals surface area contributed by atoms with E-state index in [0.717, 1.165) is 22.4 Å². The van der Waals surface area contributed by atoms with Gasteiger partial charge in [0.15, 0.2) is 5.25 Å². The van der Waals surface area contributed by atoms with E-state index < -0.39 is 21.3 Å². The lowest BCUT2D eigenvalue weighted by molar-refractivity contribution is -0.121. The molecule has 0 saturated carbocycles. The molecule has 11 nitrogen and oxygen atoms in total. The van der Waals surface area contributed by atoms with Crippen molar-refractivity contribution in [3.05, 3.63) is 65.2 Å². The molecule has 2 heterocycles. The Balaban J connectivity index is 1.59. The minimum atomic E-state index is -4.59. The monoisotopic (exact) mass is 514 g/mol. The van der Waals surface area contributed by atoms with Gasteiger partial charge in [-0.1, -0.05) is 47.7 Å². The predicted molar refractivity (Wildman–Crippen MR) is 134 cm³/mol. The molecule has 2 aliphatic rings. The molecule has 192 valence electrons. The van der Waals surface area contributed by atoms with E-state index in [0.29, 0.717) is 13.1 Å². The minimum Gasteiger partial charge on any atom is -0.354 e. The van der Waals surface area contributed by atoms with E-state index in [1.807, 2.05) is 60.5 Å². The van der Waals surface area contributed by atoms with Crippen molar-refractivity contribution in [3.8, 4) is 0 Å². The van der Waals surface area contributed by atoms with E-state index in [2.05, 4.69) is 21.0 Å². The van der Waals surface area contributed by atoms with Crippen molar-refractivity contribution in [1.29, 1.82) is 0 Å². The van der Waals surface area contributed by atoms with E-state index in [4.69, 9.17) is 0 Å². The first kappa shape index (κ1) is 25.7. The highest BCUT2D eigenvalue weighted by Crippen LogP contribution is 2.47. The fourth-order valence-electron chi connectivity index (χ4n) is 4.71. The highest BCUT2D eigenvalue weighted by molar-refractivity contribution is 7.87. The number of benzene rings is 2. The van der Waals surface area contributed by atoms with Gasteiger partial charge in [-0.2, -0.15) is 13.5 Å². The number of carbonyl (C=O) groups excluding carboxylic acids is 2. The van der Waals surface area contributed by atoms with Gasteiger partial charge in [-0.25, -0.2) is 0 Å². The number of rotatable bonds is 8. The number of fused-ring (bicyclic) bond motifs is 5. The van der Waals surface area contributed by atoms with Crippen LogP contribution < -0.4 is 15.5 Å². The van der Waals surface area contributed by atoms with E-state index in [1.54, 1.807) is 4.90 Å². The van der Waals surface area contributed by atoms with Gasteiger partial charge >= 0.3 is 0 Å². The molecular formula is C24H30N6O5S. The minimum absolute atomic E-state index is 0.0588. The first-order valence-corrected chi connectivity index (χ1v) is 13.3. The summed E-state index contributed by atoms with van der Waals surface area (Å²) in [6.07, 6.45) is -0.0588. The van der Waals surface area contributed by atoms with Gasteiger partial charge in [0, 0.05) is 37.3 Å². The standard InChI is InChI=1S/C24H30N6O5S/c1-3-30-23-17-9-5-4-8-16(17)15-29(19-11-7-6-10-18(19)22(23)27-28-30)21(31)12-13-26-24(32)20(14-25-2)36(33,34)35/h4-11,20,22-23,25H,3,12-15H2,1-2H3,(H,26,32)(H,33,34,35). The molecule has 12 heteroatoms. The van der Waals surface area contributed by atoms with Crippen molar-refractivity contribution in [2.24, 2.45) is 10.3 Å². The van der Waals surface area contributed by atoms with Crippen LogP contribution in [-0.4, -0.2) is 61.7 Å². The summed E-state index contributed by atoms with van der Waals surface area (Å²) in [7, 11) is -3.12. The second-order valence-corrected chi connectivity index (χ2v) is 10.3. The van der Waals surface area contributed by atoms with Crippen LogP contribution >= 0.6 is 0 Å². The van der Waals surface area contributed by atoms with Crippen LogP contribution in [0.15, 0.2) is 58.9 Å².